The lowest BCUT2D eigenvalue weighted by Crippen LogP contribution is -2.51. The van der Waals surface area contributed by atoms with E-state index in [1.807, 2.05) is 30.5 Å². The molecular weight excluding hydrogens is 384 g/mol. The third-order valence-electron chi connectivity index (χ3n) is 7.04. The molecular formula is C22H24N4O2S. The number of rotatable bonds is 4. The van der Waals surface area contributed by atoms with E-state index >= 15 is 0 Å². The first-order chi connectivity index (χ1) is 14.1. The maximum atomic E-state index is 13.5. The number of hydrogen-bond donors (Lipinski definition) is 1. The van der Waals surface area contributed by atoms with Gasteiger partial charge in [0.25, 0.3) is 0 Å². The van der Waals surface area contributed by atoms with Gasteiger partial charge in [-0.15, -0.1) is 11.3 Å². The number of aryl methyl sites for hydroxylation is 1. The Balaban J connectivity index is 1.29. The molecule has 4 fully saturated rings. The fourth-order valence-corrected chi connectivity index (χ4v) is 7.05. The molecule has 1 amide bonds. The van der Waals surface area contributed by atoms with Gasteiger partial charge in [-0.05, 0) is 75.3 Å². The zero-order valence-corrected chi connectivity index (χ0v) is 17.2. The maximum absolute atomic E-state index is 13.5. The third kappa shape index (κ3) is 2.86. The van der Waals surface area contributed by atoms with Crippen LogP contribution in [0.5, 0.6) is 0 Å². The highest BCUT2D eigenvalue weighted by molar-refractivity contribution is 7.12. The lowest BCUT2D eigenvalue weighted by molar-refractivity contribution is -0.140. The number of nitrogens with one attached hydrogen (secondary N) is 1. The minimum absolute atomic E-state index is 0.181. The Morgan fingerprint density at radius 3 is 2.62 bits per heavy atom. The molecule has 3 heterocycles. The highest BCUT2D eigenvalue weighted by atomic mass is 32.1. The number of carbonyl (C=O) groups excluding carboxylic acids is 1. The summed E-state index contributed by atoms with van der Waals surface area (Å²) in [4.78, 5) is 18.1. The van der Waals surface area contributed by atoms with Crippen LogP contribution in [0.15, 0.2) is 34.3 Å². The zero-order chi connectivity index (χ0) is 19.6. The van der Waals surface area contributed by atoms with Crippen molar-refractivity contribution in [3.63, 3.8) is 0 Å². The van der Waals surface area contributed by atoms with Crippen molar-refractivity contribution in [2.24, 2.45) is 23.2 Å². The Bertz CT molecular complexity index is 1030. The molecule has 1 N–H and O–H groups in total. The standard InChI is InChI=1S/C22H24N4O2S/c1-13-5-19(26(25-13)21-23-17(12-29-21)18-3-2-4-28-18)24-20(27)22-9-14-6-15(10-22)8-16(7-14)11-22/h2-5,12,14-16H,6-11H2,1H3,(H,24,27). The molecule has 6 nitrogen and oxygen atoms in total. The molecule has 7 rings (SSSR count). The average molecular weight is 409 g/mol. The molecule has 3 aromatic heterocycles. The van der Waals surface area contributed by atoms with Crippen LogP contribution in [0, 0.1) is 30.1 Å². The molecule has 0 spiro atoms. The minimum Gasteiger partial charge on any atom is -0.463 e. The second-order valence-corrected chi connectivity index (χ2v) is 10.1. The number of carbonyl (C=O) groups is 1. The Labute approximate surface area is 173 Å². The molecule has 7 heteroatoms. The number of anilines is 1. The first-order valence-corrected chi connectivity index (χ1v) is 11.3. The van der Waals surface area contributed by atoms with Gasteiger partial charge in [-0.1, -0.05) is 0 Å². The number of hydrogen-bond acceptors (Lipinski definition) is 5. The summed E-state index contributed by atoms with van der Waals surface area (Å²) in [5, 5.41) is 10.5. The highest BCUT2D eigenvalue weighted by Gasteiger charge is 2.54. The van der Waals surface area contributed by atoms with Crippen LogP contribution in [0.4, 0.5) is 5.82 Å². The van der Waals surface area contributed by atoms with E-state index in [1.165, 1.54) is 30.6 Å². The summed E-state index contributed by atoms with van der Waals surface area (Å²) in [6.45, 7) is 1.94. The van der Waals surface area contributed by atoms with Crippen molar-refractivity contribution in [2.45, 2.75) is 45.4 Å². The van der Waals surface area contributed by atoms with Gasteiger partial charge in [0.15, 0.2) is 5.76 Å². The Morgan fingerprint density at radius 1 is 1.24 bits per heavy atom. The molecule has 4 saturated carbocycles. The SMILES string of the molecule is Cc1cc(NC(=O)C23CC4CC(CC(C4)C2)C3)n(-c2nc(-c3ccco3)cs2)n1. The first-order valence-electron chi connectivity index (χ1n) is 10.5. The minimum atomic E-state index is -0.181. The smallest absolute Gasteiger partial charge is 0.231 e. The van der Waals surface area contributed by atoms with Gasteiger partial charge in [-0.3, -0.25) is 4.79 Å². The molecule has 4 aliphatic rings. The van der Waals surface area contributed by atoms with E-state index < -0.39 is 0 Å². The molecule has 0 radical (unpaired) electrons. The zero-order valence-electron chi connectivity index (χ0n) is 16.4. The summed E-state index contributed by atoms with van der Waals surface area (Å²) in [6.07, 6.45) is 8.80. The summed E-state index contributed by atoms with van der Waals surface area (Å²) < 4.78 is 7.21. The second kappa shape index (κ2) is 6.29. The molecule has 0 atom stereocenters. The average Bonchev–Trinajstić information content (AvgIpc) is 3.40. The Morgan fingerprint density at radius 2 is 1.97 bits per heavy atom. The number of aromatic nitrogens is 3. The van der Waals surface area contributed by atoms with Gasteiger partial charge in [0.1, 0.15) is 11.5 Å². The molecule has 0 unspecified atom stereocenters. The van der Waals surface area contributed by atoms with Crippen molar-refractivity contribution in [3.05, 3.63) is 35.5 Å². The van der Waals surface area contributed by atoms with Crippen LogP contribution in [-0.4, -0.2) is 20.7 Å². The molecule has 29 heavy (non-hydrogen) atoms. The molecule has 3 aromatic rings. The Hall–Kier alpha value is -2.41. The number of furan rings is 1. The van der Waals surface area contributed by atoms with Crippen LogP contribution in [0.1, 0.15) is 44.2 Å². The predicted molar refractivity (Wildman–Crippen MR) is 111 cm³/mol. The highest BCUT2D eigenvalue weighted by Crippen LogP contribution is 2.60. The van der Waals surface area contributed by atoms with Gasteiger partial charge in [-0.25, -0.2) is 4.98 Å². The van der Waals surface area contributed by atoms with Crippen LogP contribution in [0.2, 0.25) is 0 Å². The molecule has 0 aromatic carbocycles. The van der Waals surface area contributed by atoms with Gasteiger partial charge in [0, 0.05) is 11.4 Å². The fourth-order valence-electron chi connectivity index (χ4n) is 6.27. The number of nitrogens with zero attached hydrogens (tertiary/aromatic N) is 3. The summed E-state index contributed by atoms with van der Waals surface area (Å²) in [7, 11) is 0. The van der Waals surface area contributed by atoms with E-state index in [-0.39, 0.29) is 11.3 Å². The van der Waals surface area contributed by atoms with E-state index in [9.17, 15) is 4.79 Å². The summed E-state index contributed by atoms with van der Waals surface area (Å²) in [5.41, 5.74) is 1.46. The van der Waals surface area contributed by atoms with Crippen LogP contribution < -0.4 is 5.32 Å². The fraction of sp³-hybridized carbons (Fsp3) is 0.500. The number of thiazole rings is 1. The summed E-state index contributed by atoms with van der Waals surface area (Å²) in [6, 6.07) is 5.68. The van der Waals surface area contributed by atoms with Crippen molar-refractivity contribution in [2.75, 3.05) is 5.32 Å². The van der Waals surface area contributed by atoms with Crippen molar-refractivity contribution in [3.8, 4) is 16.6 Å². The quantitative estimate of drug-likeness (QED) is 0.655. The molecule has 4 bridgehead atoms. The van der Waals surface area contributed by atoms with Crippen molar-refractivity contribution in [1.82, 2.24) is 14.8 Å². The van der Waals surface area contributed by atoms with Crippen LogP contribution in [-0.2, 0) is 4.79 Å². The monoisotopic (exact) mass is 408 g/mol. The van der Waals surface area contributed by atoms with E-state index in [0.717, 1.165) is 59.3 Å². The van der Waals surface area contributed by atoms with Gasteiger partial charge < -0.3 is 9.73 Å². The predicted octanol–water partition coefficient (Wildman–Crippen LogP) is 5.05. The first kappa shape index (κ1) is 17.4. The van der Waals surface area contributed by atoms with E-state index in [1.54, 1.807) is 10.9 Å². The van der Waals surface area contributed by atoms with Gasteiger partial charge in [-0.2, -0.15) is 9.78 Å². The van der Waals surface area contributed by atoms with Gasteiger partial charge in [0.05, 0.1) is 17.4 Å². The lowest BCUT2D eigenvalue weighted by Gasteiger charge is -2.55. The molecule has 0 aliphatic heterocycles. The van der Waals surface area contributed by atoms with Crippen LogP contribution >= 0.6 is 11.3 Å². The topological polar surface area (TPSA) is 73.0 Å². The number of amides is 1. The van der Waals surface area contributed by atoms with Gasteiger partial charge >= 0.3 is 0 Å². The third-order valence-corrected chi connectivity index (χ3v) is 7.86. The van der Waals surface area contributed by atoms with Crippen molar-refractivity contribution in [1.29, 1.82) is 0 Å². The normalized spacial score (nSPS) is 30.0. The van der Waals surface area contributed by atoms with E-state index in [2.05, 4.69) is 15.4 Å². The van der Waals surface area contributed by atoms with E-state index in [0.29, 0.717) is 5.82 Å². The Kier molecular flexibility index (Phi) is 3.79. The molecule has 4 aliphatic carbocycles. The largest absolute Gasteiger partial charge is 0.463 e. The lowest BCUT2D eigenvalue weighted by atomic mass is 9.49. The van der Waals surface area contributed by atoms with E-state index in [4.69, 9.17) is 4.42 Å². The summed E-state index contributed by atoms with van der Waals surface area (Å²) in [5.74, 6) is 3.86. The second-order valence-electron chi connectivity index (χ2n) is 9.23. The van der Waals surface area contributed by atoms with Crippen LogP contribution in [0.25, 0.3) is 16.6 Å². The van der Waals surface area contributed by atoms with Crippen molar-refractivity contribution >= 4 is 23.1 Å². The molecule has 150 valence electrons. The van der Waals surface area contributed by atoms with Crippen molar-refractivity contribution < 1.29 is 9.21 Å². The maximum Gasteiger partial charge on any atom is 0.231 e. The summed E-state index contributed by atoms with van der Waals surface area (Å²) >= 11 is 1.49. The molecule has 0 saturated heterocycles. The van der Waals surface area contributed by atoms with Gasteiger partial charge in [0.2, 0.25) is 11.0 Å². The van der Waals surface area contributed by atoms with Crippen LogP contribution in [0.3, 0.4) is 0 Å².